The standard InChI is InChI=1S/C26H28F3N5O3S/c1-17-30-22-13-20(7-8-23(22)38-17)36-16-21(35-2)14-33-9-11-34(12-10-33)15-24-31-25(37-32-24)18-3-5-19(6-4-18)26(27,28)29/h3-8,13,21H,9-12,14-16H2,1-2H3/t21-/m0/s1. The molecule has 5 rings (SSSR count). The second kappa shape index (κ2) is 11.4. The lowest BCUT2D eigenvalue weighted by molar-refractivity contribution is -0.137. The highest BCUT2D eigenvalue weighted by atomic mass is 32.1. The number of hydrogen-bond donors (Lipinski definition) is 0. The Bertz CT molecular complexity index is 1350. The number of alkyl halides is 3. The van der Waals surface area contributed by atoms with Crippen molar-refractivity contribution in [1.29, 1.82) is 0 Å². The van der Waals surface area contributed by atoms with E-state index in [2.05, 4.69) is 24.9 Å². The molecule has 1 saturated heterocycles. The predicted molar refractivity (Wildman–Crippen MR) is 137 cm³/mol. The second-order valence-electron chi connectivity index (χ2n) is 9.20. The minimum absolute atomic E-state index is 0.0714. The van der Waals surface area contributed by atoms with Gasteiger partial charge in [0, 0.05) is 51.5 Å². The van der Waals surface area contributed by atoms with Crippen molar-refractivity contribution < 1.29 is 27.2 Å². The molecule has 202 valence electrons. The van der Waals surface area contributed by atoms with Crippen molar-refractivity contribution in [3.05, 3.63) is 58.9 Å². The third-order valence-electron chi connectivity index (χ3n) is 6.45. The van der Waals surface area contributed by atoms with Crippen molar-refractivity contribution in [2.75, 3.05) is 46.4 Å². The first-order chi connectivity index (χ1) is 18.3. The summed E-state index contributed by atoms with van der Waals surface area (Å²) in [6.45, 7) is 7.05. The summed E-state index contributed by atoms with van der Waals surface area (Å²) in [4.78, 5) is 13.4. The quantitative estimate of drug-likeness (QED) is 0.293. The summed E-state index contributed by atoms with van der Waals surface area (Å²) in [6.07, 6.45) is -4.45. The SMILES string of the molecule is CO[C@H](COc1ccc2sc(C)nc2c1)CN1CCN(Cc2noc(-c3ccc(C(F)(F)F)cc3)n2)CC1. The highest BCUT2D eigenvalue weighted by Crippen LogP contribution is 2.31. The van der Waals surface area contributed by atoms with E-state index in [-0.39, 0.29) is 12.0 Å². The summed E-state index contributed by atoms with van der Waals surface area (Å²) in [5, 5.41) is 5.04. The van der Waals surface area contributed by atoms with Crippen molar-refractivity contribution in [2.45, 2.75) is 25.7 Å². The Labute approximate surface area is 222 Å². The van der Waals surface area contributed by atoms with Gasteiger partial charge in [-0.2, -0.15) is 18.2 Å². The molecular formula is C26H28F3N5O3S. The fraction of sp³-hybridized carbons (Fsp3) is 0.423. The molecule has 38 heavy (non-hydrogen) atoms. The molecule has 2 aromatic carbocycles. The molecule has 1 aliphatic rings. The van der Waals surface area contributed by atoms with Gasteiger partial charge in [0.15, 0.2) is 5.82 Å². The first kappa shape index (κ1) is 26.5. The molecule has 0 N–H and O–H groups in total. The van der Waals surface area contributed by atoms with Gasteiger partial charge in [-0.1, -0.05) is 5.16 Å². The Hall–Kier alpha value is -3.06. The van der Waals surface area contributed by atoms with Crippen molar-refractivity contribution in [1.82, 2.24) is 24.9 Å². The van der Waals surface area contributed by atoms with Crippen LogP contribution in [0.2, 0.25) is 0 Å². The van der Waals surface area contributed by atoms with E-state index in [1.165, 1.54) is 12.1 Å². The van der Waals surface area contributed by atoms with E-state index in [4.69, 9.17) is 14.0 Å². The Balaban J connectivity index is 1.08. The Morgan fingerprint density at radius 3 is 2.47 bits per heavy atom. The molecule has 0 unspecified atom stereocenters. The fourth-order valence-corrected chi connectivity index (χ4v) is 5.16. The molecule has 0 saturated carbocycles. The largest absolute Gasteiger partial charge is 0.491 e. The van der Waals surface area contributed by atoms with Crippen molar-refractivity contribution >= 4 is 21.6 Å². The maximum atomic E-state index is 12.8. The van der Waals surface area contributed by atoms with Crippen LogP contribution >= 0.6 is 11.3 Å². The molecule has 2 aromatic heterocycles. The summed E-state index contributed by atoms with van der Waals surface area (Å²) in [5.41, 5.74) is 0.688. The number of nitrogens with zero attached hydrogens (tertiary/aromatic N) is 5. The van der Waals surface area contributed by atoms with Gasteiger partial charge >= 0.3 is 6.18 Å². The summed E-state index contributed by atoms with van der Waals surface area (Å²) in [7, 11) is 1.70. The summed E-state index contributed by atoms with van der Waals surface area (Å²) >= 11 is 1.67. The Morgan fingerprint density at radius 1 is 1.03 bits per heavy atom. The number of methoxy groups -OCH3 is 1. The second-order valence-corrected chi connectivity index (χ2v) is 10.4. The highest BCUT2D eigenvalue weighted by molar-refractivity contribution is 7.18. The zero-order chi connectivity index (χ0) is 26.7. The molecule has 1 fully saturated rings. The van der Waals surface area contributed by atoms with Gasteiger partial charge in [0.05, 0.1) is 27.3 Å². The number of fused-ring (bicyclic) bond motifs is 1. The normalized spacial score (nSPS) is 16.2. The zero-order valence-corrected chi connectivity index (χ0v) is 21.9. The van der Waals surface area contributed by atoms with E-state index >= 15 is 0 Å². The summed E-state index contributed by atoms with van der Waals surface area (Å²) in [6, 6.07) is 10.7. The number of aromatic nitrogens is 3. The number of ether oxygens (including phenoxy) is 2. The van der Waals surface area contributed by atoms with Crippen LogP contribution < -0.4 is 4.74 Å². The van der Waals surface area contributed by atoms with Gasteiger partial charge in [-0.05, 0) is 43.3 Å². The van der Waals surface area contributed by atoms with E-state index in [1.54, 1.807) is 18.4 Å². The van der Waals surface area contributed by atoms with Crippen LogP contribution in [-0.2, 0) is 17.5 Å². The van der Waals surface area contributed by atoms with Gasteiger partial charge < -0.3 is 14.0 Å². The molecule has 1 atom stereocenters. The third kappa shape index (κ3) is 6.49. The van der Waals surface area contributed by atoms with Crippen LogP contribution in [0.3, 0.4) is 0 Å². The average molecular weight is 548 g/mol. The monoisotopic (exact) mass is 547 g/mol. The third-order valence-corrected chi connectivity index (χ3v) is 7.41. The number of thiazole rings is 1. The van der Waals surface area contributed by atoms with Crippen molar-refractivity contribution in [2.24, 2.45) is 0 Å². The van der Waals surface area contributed by atoms with Gasteiger partial charge in [-0.3, -0.25) is 9.80 Å². The molecule has 0 aliphatic carbocycles. The molecule has 0 bridgehead atoms. The molecule has 0 radical (unpaired) electrons. The number of rotatable bonds is 9. The molecular weight excluding hydrogens is 519 g/mol. The molecule has 12 heteroatoms. The lowest BCUT2D eigenvalue weighted by Gasteiger charge is -2.35. The lowest BCUT2D eigenvalue weighted by atomic mass is 10.1. The van der Waals surface area contributed by atoms with E-state index in [0.29, 0.717) is 24.5 Å². The number of benzene rings is 2. The maximum Gasteiger partial charge on any atom is 0.416 e. The van der Waals surface area contributed by atoms with Crippen LogP contribution in [0, 0.1) is 6.92 Å². The van der Waals surface area contributed by atoms with Crippen molar-refractivity contribution in [3.8, 4) is 17.2 Å². The first-order valence-corrected chi connectivity index (χ1v) is 13.1. The summed E-state index contributed by atoms with van der Waals surface area (Å²) < 4.78 is 56.5. The molecule has 1 aliphatic heterocycles. The Kier molecular flexibility index (Phi) is 7.93. The van der Waals surface area contributed by atoms with Gasteiger partial charge in [0.25, 0.3) is 5.89 Å². The van der Waals surface area contributed by atoms with E-state index < -0.39 is 11.7 Å². The zero-order valence-electron chi connectivity index (χ0n) is 21.1. The highest BCUT2D eigenvalue weighted by Gasteiger charge is 2.30. The predicted octanol–water partition coefficient (Wildman–Crippen LogP) is 4.89. The fourth-order valence-electron chi connectivity index (χ4n) is 4.35. The van der Waals surface area contributed by atoms with Crippen LogP contribution in [0.5, 0.6) is 5.75 Å². The number of halogens is 3. The Morgan fingerprint density at radius 2 is 1.76 bits per heavy atom. The molecule has 8 nitrogen and oxygen atoms in total. The van der Waals surface area contributed by atoms with Crippen LogP contribution in [0.25, 0.3) is 21.7 Å². The average Bonchev–Trinajstić information content (AvgIpc) is 3.52. The topological polar surface area (TPSA) is 76.8 Å². The van der Waals surface area contributed by atoms with Crippen LogP contribution in [0.15, 0.2) is 47.0 Å². The maximum absolute atomic E-state index is 12.8. The smallest absolute Gasteiger partial charge is 0.416 e. The molecule has 0 amide bonds. The number of aryl methyl sites for hydroxylation is 1. The van der Waals surface area contributed by atoms with Crippen molar-refractivity contribution in [3.63, 3.8) is 0 Å². The lowest BCUT2D eigenvalue weighted by Crippen LogP contribution is -2.49. The van der Waals surface area contributed by atoms with Gasteiger partial charge in [-0.25, -0.2) is 4.98 Å². The van der Waals surface area contributed by atoms with Gasteiger partial charge in [-0.15, -0.1) is 11.3 Å². The minimum atomic E-state index is -4.38. The summed E-state index contributed by atoms with van der Waals surface area (Å²) in [5.74, 6) is 1.49. The number of hydrogen-bond acceptors (Lipinski definition) is 9. The minimum Gasteiger partial charge on any atom is -0.491 e. The van der Waals surface area contributed by atoms with E-state index in [1.807, 2.05) is 25.1 Å². The molecule has 0 spiro atoms. The first-order valence-electron chi connectivity index (χ1n) is 12.2. The number of piperazine rings is 1. The van der Waals surface area contributed by atoms with E-state index in [0.717, 1.165) is 65.8 Å². The molecule has 3 heterocycles. The van der Waals surface area contributed by atoms with E-state index in [9.17, 15) is 13.2 Å². The van der Waals surface area contributed by atoms with Crippen LogP contribution in [0.1, 0.15) is 16.4 Å². The van der Waals surface area contributed by atoms with Crippen LogP contribution in [-0.4, -0.2) is 77.5 Å². The van der Waals surface area contributed by atoms with Gasteiger partial charge in [0.2, 0.25) is 0 Å². The molecule has 4 aromatic rings. The van der Waals surface area contributed by atoms with Gasteiger partial charge in [0.1, 0.15) is 18.5 Å². The van der Waals surface area contributed by atoms with Crippen LogP contribution in [0.4, 0.5) is 13.2 Å².